The smallest absolute Gasteiger partial charge is 0.425 e. The molecule has 0 N–H and O–H groups in total. The largest absolute Gasteiger partial charge is 0.430 e. The van der Waals surface area contributed by atoms with Crippen LogP contribution in [-0.2, 0) is 6.11 Å². The maximum absolute atomic E-state index is 15.1. The summed E-state index contributed by atoms with van der Waals surface area (Å²) in [6.07, 6.45) is -3.97. The maximum Gasteiger partial charge on any atom is 0.430 e. The van der Waals surface area contributed by atoms with Gasteiger partial charge in [0.1, 0.15) is 11.4 Å². The third kappa shape index (κ3) is 2.58. The summed E-state index contributed by atoms with van der Waals surface area (Å²) in [7, 11) is 0. The zero-order chi connectivity index (χ0) is 18.6. The molecule has 0 radical (unpaired) electrons. The van der Waals surface area contributed by atoms with E-state index in [-0.39, 0.29) is 20.3 Å². The van der Waals surface area contributed by atoms with E-state index in [4.69, 9.17) is 0 Å². The van der Waals surface area contributed by atoms with E-state index in [2.05, 4.69) is 4.74 Å². The van der Waals surface area contributed by atoms with Crippen LogP contribution in [0.3, 0.4) is 0 Å². The molecule has 0 aromatic heterocycles. The Labute approximate surface area is 160 Å². The van der Waals surface area contributed by atoms with E-state index in [9.17, 15) is 13.2 Å². The van der Waals surface area contributed by atoms with Gasteiger partial charge in [0.25, 0.3) is 0 Å². The first-order valence-corrected chi connectivity index (χ1v) is 8.82. The fraction of sp³-hybridized carbons (Fsp3) is 0.100. The second kappa shape index (κ2) is 5.97. The minimum absolute atomic E-state index is 0.0430. The summed E-state index contributed by atoms with van der Waals surface area (Å²) >= 11 is 1.69. The van der Waals surface area contributed by atoms with Crippen LogP contribution in [0.4, 0.5) is 17.6 Å². The summed E-state index contributed by atoms with van der Waals surface area (Å²) < 4.78 is 63.2. The van der Waals surface area contributed by atoms with Crippen molar-refractivity contribution in [2.24, 2.45) is 0 Å². The Morgan fingerprint density at radius 2 is 1.42 bits per heavy atom. The van der Waals surface area contributed by atoms with Crippen molar-refractivity contribution in [3.8, 4) is 28.0 Å². The van der Waals surface area contributed by atoms with Crippen LogP contribution in [0.15, 0.2) is 48.5 Å². The molecule has 0 fully saturated rings. The average molecular weight is 470 g/mol. The van der Waals surface area contributed by atoms with E-state index >= 15 is 4.39 Å². The van der Waals surface area contributed by atoms with Crippen molar-refractivity contribution in [2.75, 3.05) is 0 Å². The van der Waals surface area contributed by atoms with Crippen LogP contribution < -0.4 is 4.74 Å². The summed E-state index contributed by atoms with van der Waals surface area (Å²) in [6, 6.07) is 12.6. The van der Waals surface area contributed by atoms with Gasteiger partial charge in [0.05, 0.1) is 3.57 Å². The Morgan fingerprint density at radius 1 is 0.808 bits per heavy atom. The third-order valence-electron chi connectivity index (χ3n) is 4.37. The minimum atomic E-state index is -3.97. The number of halogens is 5. The quantitative estimate of drug-likeness (QED) is 0.286. The molecular weight excluding hydrogens is 459 g/mol. The number of hydrogen-bond donors (Lipinski definition) is 0. The second-order valence-corrected chi connectivity index (χ2v) is 7.23. The molecule has 0 saturated heterocycles. The molecule has 0 atom stereocenters. The van der Waals surface area contributed by atoms with Crippen LogP contribution in [0.1, 0.15) is 11.1 Å². The van der Waals surface area contributed by atoms with Gasteiger partial charge >= 0.3 is 6.11 Å². The van der Waals surface area contributed by atoms with Crippen LogP contribution in [0.5, 0.6) is 5.75 Å². The lowest BCUT2D eigenvalue weighted by Crippen LogP contribution is -2.29. The van der Waals surface area contributed by atoms with Crippen molar-refractivity contribution in [3.05, 3.63) is 74.9 Å². The Balaban J connectivity index is 1.98. The monoisotopic (exact) mass is 470 g/mol. The lowest BCUT2D eigenvalue weighted by molar-refractivity contribution is -0.190. The standard InChI is InChI=1S/C20H11F4IO/c1-10-2-4-11(5-3-10)12-6-7-13-14-8-9-15(25)18(22)19(14)26-20(23,24)16(13)17(12)21/h2-9H,1H3. The molecule has 0 unspecified atom stereocenters. The highest BCUT2D eigenvalue weighted by atomic mass is 127. The molecule has 26 heavy (non-hydrogen) atoms. The maximum atomic E-state index is 15.1. The first kappa shape index (κ1) is 17.3. The van der Waals surface area contributed by atoms with E-state index in [1.54, 1.807) is 46.9 Å². The van der Waals surface area contributed by atoms with Gasteiger partial charge in [-0.05, 0) is 47.2 Å². The van der Waals surface area contributed by atoms with E-state index in [0.717, 1.165) is 5.56 Å². The molecule has 1 nitrogen and oxygen atoms in total. The van der Waals surface area contributed by atoms with Gasteiger partial charge in [-0.2, -0.15) is 8.78 Å². The van der Waals surface area contributed by atoms with Gasteiger partial charge in [0.15, 0.2) is 11.6 Å². The van der Waals surface area contributed by atoms with Crippen LogP contribution in [0.2, 0.25) is 0 Å². The molecule has 1 aliphatic rings. The van der Waals surface area contributed by atoms with Crippen molar-refractivity contribution in [2.45, 2.75) is 13.0 Å². The zero-order valence-corrected chi connectivity index (χ0v) is 15.6. The molecule has 3 aromatic carbocycles. The van der Waals surface area contributed by atoms with E-state index in [0.29, 0.717) is 5.56 Å². The number of ether oxygens (including phenoxy) is 1. The highest BCUT2D eigenvalue weighted by molar-refractivity contribution is 14.1. The van der Waals surface area contributed by atoms with Gasteiger partial charge in [-0.3, -0.25) is 0 Å². The fourth-order valence-corrected chi connectivity index (χ4v) is 3.49. The van der Waals surface area contributed by atoms with Crippen molar-refractivity contribution >= 4 is 22.6 Å². The average Bonchev–Trinajstić information content (AvgIpc) is 2.59. The molecule has 0 spiro atoms. The lowest BCUT2D eigenvalue weighted by Gasteiger charge is -2.29. The first-order valence-electron chi connectivity index (χ1n) is 7.75. The van der Waals surface area contributed by atoms with Crippen molar-refractivity contribution < 1.29 is 22.3 Å². The predicted octanol–water partition coefficient (Wildman–Crippen LogP) is 6.65. The van der Waals surface area contributed by atoms with E-state index in [1.165, 1.54) is 24.3 Å². The molecule has 3 aromatic rings. The number of alkyl halides is 2. The molecule has 132 valence electrons. The topological polar surface area (TPSA) is 9.23 Å². The van der Waals surface area contributed by atoms with Crippen LogP contribution >= 0.6 is 22.6 Å². The number of rotatable bonds is 1. The van der Waals surface area contributed by atoms with Crippen molar-refractivity contribution in [3.63, 3.8) is 0 Å². The molecule has 0 saturated carbocycles. The number of hydrogen-bond acceptors (Lipinski definition) is 1. The van der Waals surface area contributed by atoms with E-state index in [1.807, 2.05) is 6.92 Å². The summed E-state index contributed by atoms with van der Waals surface area (Å²) in [6.45, 7) is 1.88. The Morgan fingerprint density at radius 3 is 2.12 bits per heavy atom. The predicted molar refractivity (Wildman–Crippen MR) is 99.2 cm³/mol. The van der Waals surface area contributed by atoms with Gasteiger partial charge in [-0.25, -0.2) is 8.78 Å². The highest BCUT2D eigenvalue weighted by Crippen LogP contribution is 2.50. The highest BCUT2D eigenvalue weighted by Gasteiger charge is 2.46. The minimum Gasteiger partial charge on any atom is -0.425 e. The molecular formula is C20H11F4IO. The van der Waals surface area contributed by atoms with Crippen molar-refractivity contribution in [1.82, 2.24) is 0 Å². The van der Waals surface area contributed by atoms with E-state index < -0.39 is 29.1 Å². The SMILES string of the molecule is Cc1ccc(-c2ccc3c(c2F)C(F)(F)Oc2c-3ccc(I)c2F)cc1. The summed E-state index contributed by atoms with van der Waals surface area (Å²) in [5, 5.41) is 0. The first-order chi connectivity index (χ1) is 12.3. The van der Waals surface area contributed by atoms with Gasteiger partial charge < -0.3 is 4.74 Å². The fourth-order valence-electron chi connectivity index (χ4n) is 3.06. The van der Waals surface area contributed by atoms with Crippen LogP contribution in [0, 0.1) is 22.1 Å². The number of benzene rings is 3. The lowest BCUT2D eigenvalue weighted by atomic mass is 9.91. The molecule has 1 heterocycles. The zero-order valence-electron chi connectivity index (χ0n) is 13.4. The van der Waals surface area contributed by atoms with Gasteiger partial charge in [-0.15, -0.1) is 0 Å². The molecule has 0 amide bonds. The Kier molecular flexibility index (Phi) is 3.98. The normalized spacial score (nSPS) is 14.4. The molecule has 0 bridgehead atoms. The van der Waals surface area contributed by atoms with Crippen molar-refractivity contribution in [1.29, 1.82) is 0 Å². The summed E-state index contributed by atoms with van der Waals surface area (Å²) in [4.78, 5) is 0. The Bertz CT molecular complexity index is 1030. The molecule has 1 aliphatic heterocycles. The third-order valence-corrected chi connectivity index (χ3v) is 5.20. The van der Waals surface area contributed by atoms with Gasteiger partial charge in [0, 0.05) is 16.7 Å². The van der Waals surface area contributed by atoms with Gasteiger partial charge in [-0.1, -0.05) is 42.0 Å². The second-order valence-electron chi connectivity index (χ2n) is 6.07. The van der Waals surface area contributed by atoms with Gasteiger partial charge in [0.2, 0.25) is 0 Å². The molecule has 4 rings (SSSR count). The number of fused-ring (bicyclic) bond motifs is 3. The molecule has 0 aliphatic carbocycles. The van der Waals surface area contributed by atoms with Crippen LogP contribution in [-0.4, -0.2) is 0 Å². The Hall–Kier alpha value is -2.09. The summed E-state index contributed by atoms with van der Waals surface area (Å²) in [5.74, 6) is -2.51. The number of aryl methyl sites for hydroxylation is 1. The molecule has 6 heteroatoms. The van der Waals surface area contributed by atoms with Crippen LogP contribution in [0.25, 0.3) is 22.3 Å². The summed E-state index contributed by atoms with van der Waals surface area (Å²) in [5.41, 5.74) is 0.661.